The highest BCUT2D eigenvalue weighted by Crippen LogP contribution is 2.42. The van der Waals surface area contributed by atoms with Gasteiger partial charge in [-0.2, -0.15) is 13.2 Å². The average Bonchev–Trinajstić information content (AvgIpc) is 2.60. The lowest BCUT2D eigenvalue weighted by molar-refractivity contribution is -0.174. The van der Waals surface area contributed by atoms with Crippen molar-refractivity contribution in [2.75, 3.05) is 6.54 Å². The van der Waals surface area contributed by atoms with Gasteiger partial charge in [-0.25, -0.2) is 0 Å². The van der Waals surface area contributed by atoms with Gasteiger partial charge in [0.2, 0.25) is 0 Å². The van der Waals surface area contributed by atoms with Gasteiger partial charge < -0.3 is 5.32 Å². The van der Waals surface area contributed by atoms with Crippen LogP contribution in [0.3, 0.4) is 0 Å². The van der Waals surface area contributed by atoms with Crippen molar-refractivity contribution in [3.8, 4) is 0 Å². The molecule has 0 unspecified atom stereocenters. The average molecular weight is 251 g/mol. The molecule has 1 amide bonds. The molecule has 2 nitrogen and oxygen atoms in total. The largest absolute Gasteiger partial charge is 0.471 e. The van der Waals surface area contributed by atoms with E-state index >= 15 is 0 Å². The van der Waals surface area contributed by atoms with Gasteiger partial charge in [-0.1, -0.05) is 26.7 Å². The van der Waals surface area contributed by atoms with Gasteiger partial charge in [0.1, 0.15) is 0 Å². The summed E-state index contributed by atoms with van der Waals surface area (Å²) in [5.74, 6) is -1.37. The number of alkyl halides is 3. The van der Waals surface area contributed by atoms with E-state index in [-0.39, 0.29) is 12.0 Å². The third kappa shape index (κ3) is 4.21. The zero-order chi connectivity index (χ0) is 13.1. The minimum atomic E-state index is -4.77. The first kappa shape index (κ1) is 14.3. The number of rotatable bonds is 4. The molecule has 0 aliphatic heterocycles. The maximum Gasteiger partial charge on any atom is 0.471 e. The molecule has 0 bridgehead atoms. The second kappa shape index (κ2) is 5.27. The van der Waals surface area contributed by atoms with Crippen LogP contribution in [-0.4, -0.2) is 18.6 Å². The first-order valence-corrected chi connectivity index (χ1v) is 6.10. The predicted octanol–water partition coefficient (Wildman–Crippen LogP) is 3.27. The monoisotopic (exact) mass is 251 g/mol. The lowest BCUT2D eigenvalue weighted by Crippen LogP contribution is -2.43. The number of halogens is 3. The van der Waals surface area contributed by atoms with E-state index in [1.165, 1.54) is 0 Å². The summed E-state index contributed by atoms with van der Waals surface area (Å²) >= 11 is 0. The van der Waals surface area contributed by atoms with E-state index in [1.807, 2.05) is 5.32 Å². The standard InChI is InChI=1S/C12H20F3NO/c1-9(2)7-11(5-3-4-6-11)8-16-10(17)12(13,14)15/h9H,3-8H2,1-2H3,(H,16,17). The summed E-state index contributed by atoms with van der Waals surface area (Å²) in [7, 11) is 0. The van der Waals surface area contributed by atoms with Crippen LogP contribution < -0.4 is 5.32 Å². The molecule has 0 radical (unpaired) electrons. The van der Waals surface area contributed by atoms with Gasteiger partial charge in [0.25, 0.3) is 0 Å². The summed E-state index contributed by atoms with van der Waals surface area (Å²) in [4.78, 5) is 10.8. The summed E-state index contributed by atoms with van der Waals surface area (Å²) in [5.41, 5.74) is -0.116. The van der Waals surface area contributed by atoms with Crippen molar-refractivity contribution < 1.29 is 18.0 Å². The lowest BCUT2D eigenvalue weighted by atomic mass is 9.78. The van der Waals surface area contributed by atoms with Crippen molar-refractivity contribution in [1.82, 2.24) is 5.32 Å². The number of nitrogens with one attached hydrogen (secondary N) is 1. The van der Waals surface area contributed by atoms with E-state index in [4.69, 9.17) is 0 Å². The second-order valence-corrected chi connectivity index (χ2v) is 5.49. The molecule has 0 atom stereocenters. The highest BCUT2D eigenvalue weighted by Gasteiger charge is 2.41. The SMILES string of the molecule is CC(C)CC1(CNC(=O)C(F)(F)F)CCCC1. The Balaban J connectivity index is 2.54. The Bertz CT molecular complexity index is 267. The molecule has 0 aromatic carbocycles. The van der Waals surface area contributed by atoms with Crippen molar-refractivity contribution >= 4 is 5.91 Å². The molecule has 1 rings (SSSR count). The molecule has 1 saturated carbocycles. The van der Waals surface area contributed by atoms with Gasteiger partial charge in [-0.3, -0.25) is 4.79 Å². The fraction of sp³-hybridized carbons (Fsp3) is 0.917. The van der Waals surface area contributed by atoms with Crippen molar-refractivity contribution in [3.63, 3.8) is 0 Å². The molecule has 0 heterocycles. The summed E-state index contributed by atoms with van der Waals surface area (Å²) in [6.45, 7) is 4.28. The Morgan fingerprint density at radius 3 is 2.24 bits per heavy atom. The molecule has 5 heteroatoms. The first-order valence-electron chi connectivity index (χ1n) is 6.10. The van der Waals surface area contributed by atoms with E-state index in [0.717, 1.165) is 32.1 Å². The number of carbonyl (C=O) groups excluding carboxylic acids is 1. The zero-order valence-corrected chi connectivity index (χ0v) is 10.4. The van der Waals surface area contributed by atoms with E-state index in [1.54, 1.807) is 0 Å². The van der Waals surface area contributed by atoms with Crippen LogP contribution >= 0.6 is 0 Å². The Morgan fingerprint density at radius 2 is 1.82 bits per heavy atom. The maximum absolute atomic E-state index is 12.1. The van der Waals surface area contributed by atoms with Gasteiger partial charge in [-0.15, -0.1) is 0 Å². The summed E-state index contributed by atoms with van der Waals surface area (Å²) in [6.07, 6.45) is 0.0542. The molecule has 1 N–H and O–H groups in total. The van der Waals surface area contributed by atoms with Gasteiger partial charge in [0.05, 0.1) is 0 Å². The topological polar surface area (TPSA) is 29.1 Å². The molecule has 17 heavy (non-hydrogen) atoms. The van der Waals surface area contributed by atoms with Crippen LogP contribution in [0.4, 0.5) is 13.2 Å². The molecule has 0 saturated heterocycles. The highest BCUT2D eigenvalue weighted by atomic mass is 19.4. The smallest absolute Gasteiger partial charge is 0.348 e. The van der Waals surface area contributed by atoms with Crippen LogP contribution in [0.5, 0.6) is 0 Å². The third-order valence-electron chi connectivity index (χ3n) is 3.39. The van der Waals surface area contributed by atoms with E-state index in [0.29, 0.717) is 5.92 Å². The van der Waals surface area contributed by atoms with Crippen molar-refractivity contribution in [2.24, 2.45) is 11.3 Å². The predicted molar refractivity (Wildman–Crippen MR) is 59.4 cm³/mol. The Morgan fingerprint density at radius 1 is 1.29 bits per heavy atom. The van der Waals surface area contributed by atoms with Gasteiger partial charge in [0, 0.05) is 6.54 Å². The third-order valence-corrected chi connectivity index (χ3v) is 3.39. The zero-order valence-electron chi connectivity index (χ0n) is 10.4. The van der Waals surface area contributed by atoms with Gasteiger partial charge in [0.15, 0.2) is 0 Å². The fourth-order valence-corrected chi connectivity index (χ4v) is 2.81. The number of hydrogen-bond donors (Lipinski definition) is 1. The highest BCUT2D eigenvalue weighted by molar-refractivity contribution is 5.81. The van der Waals surface area contributed by atoms with Crippen LogP contribution in [0, 0.1) is 11.3 Å². The van der Waals surface area contributed by atoms with Crippen molar-refractivity contribution in [2.45, 2.75) is 52.1 Å². The van der Waals surface area contributed by atoms with E-state index < -0.39 is 12.1 Å². The van der Waals surface area contributed by atoms with Crippen LogP contribution in [0.15, 0.2) is 0 Å². The van der Waals surface area contributed by atoms with Crippen LogP contribution in [0.1, 0.15) is 46.0 Å². The first-order chi connectivity index (χ1) is 7.75. The molecule has 0 aromatic rings. The quantitative estimate of drug-likeness (QED) is 0.816. The Labute approximate surface area is 100.0 Å². The molecule has 0 aromatic heterocycles. The maximum atomic E-state index is 12.1. The van der Waals surface area contributed by atoms with Crippen molar-refractivity contribution in [3.05, 3.63) is 0 Å². The molecule has 1 fully saturated rings. The lowest BCUT2D eigenvalue weighted by Gasteiger charge is -2.31. The van der Waals surface area contributed by atoms with Crippen LogP contribution in [0.25, 0.3) is 0 Å². The number of hydrogen-bond acceptors (Lipinski definition) is 1. The Kier molecular flexibility index (Phi) is 4.44. The van der Waals surface area contributed by atoms with E-state index in [9.17, 15) is 18.0 Å². The minimum absolute atomic E-state index is 0.116. The summed E-state index contributed by atoms with van der Waals surface area (Å²) in [5, 5.41) is 2.05. The van der Waals surface area contributed by atoms with Gasteiger partial charge >= 0.3 is 12.1 Å². The summed E-state index contributed by atoms with van der Waals surface area (Å²) in [6, 6.07) is 0. The molecule has 1 aliphatic carbocycles. The van der Waals surface area contributed by atoms with Crippen LogP contribution in [-0.2, 0) is 4.79 Å². The summed E-state index contributed by atoms with van der Waals surface area (Å²) < 4.78 is 36.3. The van der Waals surface area contributed by atoms with Gasteiger partial charge in [-0.05, 0) is 30.6 Å². The van der Waals surface area contributed by atoms with Crippen molar-refractivity contribution in [1.29, 1.82) is 0 Å². The minimum Gasteiger partial charge on any atom is -0.348 e. The van der Waals surface area contributed by atoms with E-state index in [2.05, 4.69) is 13.8 Å². The second-order valence-electron chi connectivity index (χ2n) is 5.49. The van der Waals surface area contributed by atoms with Crippen LogP contribution in [0.2, 0.25) is 0 Å². The molecule has 100 valence electrons. The number of amides is 1. The molecular formula is C12H20F3NO. The normalized spacial score (nSPS) is 19.6. The molecule has 0 spiro atoms. The molecule has 1 aliphatic rings. The molecular weight excluding hydrogens is 231 g/mol. The fourth-order valence-electron chi connectivity index (χ4n) is 2.81. The number of carbonyl (C=O) groups is 1. The Hall–Kier alpha value is -0.740.